The zero-order valence-electron chi connectivity index (χ0n) is 16.2. The van der Waals surface area contributed by atoms with E-state index in [1.165, 1.54) is 6.92 Å². The number of hydrogen-bond donors (Lipinski definition) is 2. The number of carbonyl (C=O) groups is 3. The second-order valence-electron chi connectivity index (χ2n) is 7.22. The van der Waals surface area contributed by atoms with Crippen molar-refractivity contribution >= 4 is 29.0 Å². The van der Waals surface area contributed by atoms with E-state index in [-0.39, 0.29) is 35.5 Å². The van der Waals surface area contributed by atoms with Gasteiger partial charge in [-0.2, -0.15) is 0 Å². The highest BCUT2D eigenvalue weighted by atomic mass is 16.5. The summed E-state index contributed by atoms with van der Waals surface area (Å²) in [5, 5.41) is 5.67. The number of amides is 2. The molecule has 0 radical (unpaired) electrons. The number of ketones is 1. The van der Waals surface area contributed by atoms with Gasteiger partial charge < -0.3 is 15.4 Å². The zero-order chi connectivity index (χ0) is 20.3. The van der Waals surface area contributed by atoms with Crippen LogP contribution in [0.5, 0.6) is 5.75 Å². The Morgan fingerprint density at radius 1 is 0.929 bits per heavy atom. The van der Waals surface area contributed by atoms with Crippen molar-refractivity contribution in [2.24, 2.45) is 11.8 Å². The predicted molar refractivity (Wildman–Crippen MR) is 108 cm³/mol. The highest BCUT2D eigenvalue weighted by molar-refractivity contribution is 6.04. The van der Waals surface area contributed by atoms with Crippen molar-refractivity contribution in [3.63, 3.8) is 0 Å². The van der Waals surface area contributed by atoms with E-state index in [4.69, 9.17) is 4.74 Å². The molecular weight excluding hydrogens is 356 g/mol. The molecule has 6 heteroatoms. The van der Waals surface area contributed by atoms with E-state index in [9.17, 15) is 14.4 Å². The maximum Gasteiger partial charge on any atom is 0.228 e. The Kier molecular flexibility index (Phi) is 5.78. The Morgan fingerprint density at radius 2 is 1.54 bits per heavy atom. The third-order valence-electron chi connectivity index (χ3n) is 4.53. The van der Waals surface area contributed by atoms with Crippen molar-refractivity contribution in [1.29, 1.82) is 0 Å². The lowest BCUT2D eigenvalue weighted by molar-refractivity contribution is -0.122. The molecule has 2 amide bonds. The maximum absolute atomic E-state index is 12.5. The van der Waals surface area contributed by atoms with Gasteiger partial charge in [0.15, 0.2) is 5.78 Å². The smallest absolute Gasteiger partial charge is 0.228 e. The lowest BCUT2D eigenvalue weighted by Gasteiger charge is -2.14. The lowest BCUT2D eigenvalue weighted by atomic mass is 10.1. The second kappa shape index (κ2) is 8.25. The molecule has 0 heterocycles. The monoisotopic (exact) mass is 380 g/mol. The predicted octanol–water partition coefficient (Wildman–Crippen LogP) is 3.89. The number of benzene rings is 2. The van der Waals surface area contributed by atoms with Crippen LogP contribution in [0.25, 0.3) is 0 Å². The Hall–Kier alpha value is -3.15. The molecule has 3 rings (SSSR count). The topological polar surface area (TPSA) is 84.5 Å². The first kappa shape index (κ1) is 19.6. The van der Waals surface area contributed by atoms with Gasteiger partial charge >= 0.3 is 0 Å². The molecule has 2 aromatic carbocycles. The van der Waals surface area contributed by atoms with E-state index >= 15 is 0 Å². The molecule has 0 saturated heterocycles. The van der Waals surface area contributed by atoms with E-state index in [0.29, 0.717) is 29.1 Å². The Morgan fingerprint density at radius 3 is 2.14 bits per heavy atom. The van der Waals surface area contributed by atoms with Crippen LogP contribution in [-0.2, 0) is 9.59 Å². The van der Waals surface area contributed by atoms with Gasteiger partial charge in [-0.3, -0.25) is 14.4 Å². The summed E-state index contributed by atoms with van der Waals surface area (Å²) in [5.74, 6) is -0.514. The normalized spacial score (nSPS) is 17.7. The number of hydrogen-bond acceptors (Lipinski definition) is 4. The van der Waals surface area contributed by atoms with Crippen molar-refractivity contribution in [1.82, 2.24) is 0 Å². The van der Waals surface area contributed by atoms with Crippen LogP contribution in [0.15, 0.2) is 48.5 Å². The van der Waals surface area contributed by atoms with E-state index in [1.807, 2.05) is 26.0 Å². The van der Waals surface area contributed by atoms with Crippen molar-refractivity contribution in [3.05, 3.63) is 54.1 Å². The first-order valence-electron chi connectivity index (χ1n) is 9.33. The third-order valence-corrected chi connectivity index (χ3v) is 4.53. The van der Waals surface area contributed by atoms with Gasteiger partial charge in [-0.15, -0.1) is 0 Å². The molecule has 0 bridgehead atoms. The number of rotatable bonds is 7. The highest BCUT2D eigenvalue weighted by Crippen LogP contribution is 2.41. The molecule has 1 fully saturated rings. The van der Waals surface area contributed by atoms with Crippen LogP contribution in [0.1, 0.15) is 37.6 Å². The first-order chi connectivity index (χ1) is 13.3. The van der Waals surface area contributed by atoms with Gasteiger partial charge in [0.25, 0.3) is 0 Å². The van der Waals surface area contributed by atoms with Crippen LogP contribution in [0.2, 0.25) is 0 Å². The van der Waals surface area contributed by atoms with Gasteiger partial charge in [-0.1, -0.05) is 12.1 Å². The molecule has 2 unspecified atom stereocenters. The fourth-order valence-corrected chi connectivity index (χ4v) is 2.95. The molecule has 146 valence electrons. The Labute approximate surface area is 164 Å². The summed E-state index contributed by atoms with van der Waals surface area (Å²) < 4.78 is 5.71. The molecule has 2 N–H and O–H groups in total. The molecule has 1 aliphatic carbocycles. The number of ether oxygens (including phenoxy) is 1. The summed E-state index contributed by atoms with van der Waals surface area (Å²) in [6.07, 6.45) is 0.503. The van der Waals surface area contributed by atoms with Crippen LogP contribution in [0, 0.1) is 11.8 Å². The van der Waals surface area contributed by atoms with E-state index in [0.717, 1.165) is 0 Å². The molecule has 2 atom stereocenters. The minimum Gasteiger partial charge on any atom is -0.489 e. The summed E-state index contributed by atoms with van der Waals surface area (Å²) in [7, 11) is 0. The number of carbonyl (C=O) groups excluding carboxylic acids is 3. The van der Waals surface area contributed by atoms with Gasteiger partial charge in [-0.25, -0.2) is 0 Å². The summed E-state index contributed by atoms with van der Waals surface area (Å²) in [6.45, 7) is 5.33. The van der Waals surface area contributed by atoms with Crippen LogP contribution in [0.3, 0.4) is 0 Å². The molecule has 28 heavy (non-hydrogen) atoms. The Bertz CT molecular complexity index is 890. The molecule has 6 nitrogen and oxygen atoms in total. The van der Waals surface area contributed by atoms with Crippen LogP contribution in [0.4, 0.5) is 11.4 Å². The quantitative estimate of drug-likeness (QED) is 0.714. The Balaban J connectivity index is 1.57. The van der Waals surface area contributed by atoms with Crippen molar-refractivity contribution in [2.75, 3.05) is 10.6 Å². The molecule has 0 aliphatic heterocycles. The molecule has 1 aliphatic rings. The van der Waals surface area contributed by atoms with Gasteiger partial charge in [0.2, 0.25) is 11.8 Å². The SMILES string of the molecule is CC(=O)c1ccc(NC(=O)C2CC2C(=O)Nc2ccccc2OC(C)C)cc1. The fraction of sp³-hybridized carbons (Fsp3) is 0.318. The fourth-order valence-electron chi connectivity index (χ4n) is 2.95. The standard InChI is InChI=1S/C22H24N2O4/c1-13(2)28-20-7-5-4-6-19(20)24-22(27)18-12-17(18)21(26)23-16-10-8-15(9-11-16)14(3)25/h4-11,13,17-18H,12H2,1-3H3,(H,23,26)(H,24,27). The highest BCUT2D eigenvalue weighted by Gasteiger charge is 2.48. The van der Waals surface area contributed by atoms with Crippen LogP contribution < -0.4 is 15.4 Å². The third kappa shape index (κ3) is 4.76. The van der Waals surface area contributed by atoms with E-state index < -0.39 is 0 Å². The van der Waals surface area contributed by atoms with E-state index in [2.05, 4.69) is 10.6 Å². The minimum atomic E-state index is -0.358. The average Bonchev–Trinajstić information content (AvgIpc) is 3.44. The second-order valence-corrected chi connectivity index (χ2v) is 7.22. The van der Waals surface area contributed by atoms with Gasteiger partial charge in [0.1, 0.15) is 5.75 Å². The maximum atomic E-state index is 12.5. The van der Waals surface area contributed by atoms with Crippen molar-refractivity contribution in [3.8, 4) is 5.75 Å². The van der Waals surface area contributed by atoms with Crippen LogP contribution in [-0.4, -0.2) is 23.7 Å². The van der Waals surface area contributed by atoms with Gasteiger partial charge in [-0.05, 0) is 63.6 Å². The van der Waals surface area contributed by atoms with Gasteiger partial charge in [0.05, 0.1) is 23.6 Å². The summed E-state index contributed by atoms with van der Waals surface area (Å²) in [6, 6.07) is 14.0. The largest absolute Gasteiger partial charge is 0.489 e. The molecule has 2 aromatic rings. The number of anilines is 2. The molecule has 0 aromatic heterocycles. The lowest BCUT2D eigenvalue weighted by Crippen LogP contribution is -2.21. The molecule has 0 spiro atoms. The minimum absolute atomic E-state index is 0.00751. The molecule has 1 saturated carbocycles. The van der Waals surface area contributed by atoms with Crippen LogP contribution >= 0.6 is 0 Å². The number of Topliss-reactive ketones (excluding diaryl/α,β-unsaturated/α-hetero) is 1. The number of para-hydroxylation sites is 2. The van der Waals surface area contributed by atoms with E-state index in [1.54, 1.807) is 36.4 Å². The number of nitrogens with one attached hydrogen (secondary N) is 2. The summed E-state index contributed by atoms with van der Waals surface area (Å²) in [4.78, 5) is 36.2. The summed E-state index contributed by atoms with van der Waals surface area (Å²) >= 11 is 0. The van der Waals surface area contributed by atoms with Crippen molar-refractivity contribution < 1.29 is 19.1 Å². The molecular formula is C22H24N2O4. The van der Waals surface area contributed by atoms with Crippen molar-refractivity contribution in [2.45, 2.75) is 33.3 Å². The first-order valence-corrected chi connectivity index (χ1v) is 9.33. The average molecular weight is 380 g/mol. The van der Waals surface area contributed by atoms with Gasteiger partial charge in [0, 0.05) is 11.3 Å². The summed E-state index contributed by atoms with van der Waals surface area (Å²) in [5.41, 5.74) is 1.80. The zero-order valence-corrected chi connectivity index (χ0v) is 16.2.